The van der Waals surface area contributed by atoms with E-state index in [2.05, 4.69) is 19.2 Å². The number of hydrogen-bond acceptors (Lipinski definition) is 3. The van der Waals surface area contributed by atoms with Crippen molar-refractivity contribution < 1.29 is 15.0 Å². The van der Waals surface area contributed by atoms with Gasteiger partial charge in [0.1, 0.15) is 0 Å². The highest BCUT2D eigenvalue weighted by molar-refractivity contribution is 5.76. The van der Waals surface area contributed by atoms with Crippen LogP contribution in [0.3, 0.4) is 0 Å². The molecule has 0 unspecified atom stereocenters. The molecule has 0 spiro atoms. The maximum atomic E-state index is 12.1. The van der Waals surface area contributed by atoms with Crippen molar-refractivity contribution in [2.24, 2.45) is 0 Å². The first-order chi connectivity index (χ1) is 15.2. The monoisotopic (exact) mass is 441 g/mol. The van der Waals surface area contributed by atoms with Crippen molar-refractivity contribution in [3.8, 4) is 0 Å². The lowest BCUT2D eigenvalue weighted by Crippen LogP contribution is -2.45. The first-order valence-corrected chi connectivity index (χ1v) is 13.7. The second-order valence-electron chi connectivity index (χ2n) is 9.47. The molecule has 0 radical (unpaired) electrons. The maximum absolute atomic E-state index is 12.1. The second-order valence-corrected chi connectivity index (χ2v) is 9.47. The van der Waals surface area contributed by atoms with E-state index in [9.17, 15) is 15.0 Å². The van der Waals surface area contributed by atoms with Gasteiger partial charge in [0.2, 0.25) is 5.91 Å². The van der Waals surface area contributed by atoms with Gasteiger partial charge in [-0.25, -0.2) is 0 Å². The van der Waals surface area contributed by atoms with E-state index in [0.29, 0.717) is 12.8 Å². The van der Waals surface area contributed by atoms with Crippen molar-refractivity contribution in [2.45, 2.75) is 161 Å². The van der Waals surface area contributed by atoms with E-state index in [-0.39, 0.29) is 12.5 Å². The molecule has 0 fully saturated rings. The molecule has 4 nitrogen and oxygen atoms in total. The first kappa shape index (κ1) is 30.4. The molecule has 0 bridgehead atoms. The lowest BCUT2D eigenvalue weighted by atomic mass is 10.0. The predicted octanol–water partition coefficient (Wildman–Crippen LogP) is 7.06. The van der Waals surface area contributed by atoms with E-state index in [0.717, 1.165) is 25.7 Å². The van der Waals surface area contributed by atoms with Gasteiger partial charge in [-0.05, 0) is 12.8 Å². The normalized spacial score (nSPS) is 13.3. The zero-order valence-electron chi connectivity index (χ0n) is 21.0. The number of aliphatic hydroxyl groups is 2. The molecule has 186 valence electrons. The summed E-state index contributed by atoms with van der Waals surface area (Å²) in [7, 11) is 0. The van der Waals surface area contributed by atoms with Gasteiger partial charge in [0.05, 0.1) is 18.8 Å². The smallest absolute Gasteiger partial charge is 0.220 e. The van der Waals surface area contributed by atoms with Gasteiger partial charge in [-0.15, -0.1) is 0 Å². The molecule has 0 aromatic carbocycles. The molecule has 0 heterocycles. The summed E-state index contributed by atoms with van der Waals surface area (Å²) in [5.41, 5.74) is 0. The lowest BCUT2D eigenvalue weighted by Gasteiger charge is -2.22. The molecule has 2 atom stereocenters. The van der Waals surface area contributed by atoms with Crippen molar-refractivity contribution >= 4 is 5.91 Å². The van der Waals surface area contributed by atoms with E-state index in [1.807, 2.05) is 0 Å². The Balaban J connectivity index is 3.61. The van der Waals surface area contributed by atoms with Crippen LogP contribution in [-0.4, -0.2) is 34.9 Å². The largest absolute Gasteiger partial charge is 0.394 e. The Kier molecular flexibility index (Phi) is 23.6. The van der Waals surface area contributed by atoms with Crippen LogP contribution in [-0.2, 0) is 4.79 Å². The number of aliphatic hydroxyl groups excluding tert-OH is 2. The summed E-state index contributed by atoms with van der Waals surface area (Å²) in [6.07, 6.45) is 24.3. The summed E-state index contributed by atoms with van der Waals surface area (Å²) < 4.78 is 0. The molecule has 0 aromatic heterocycles. The summed E-state index contributed by atoms with van der Waals surface area (Å²) in [6.45, 7) is 4.29. The van der Waals surface area contributed by atoms with Gasteiger partial charge in [0.15, 0.2) is 0 Å². The van der Waals surface area contributed by atoms with Crippen LogP contribution in [0.4, 0.5) is 0 Å². The topological polar surface area (TPSA) is 69.6 Å². The van der Waals surface area contributed by atoms with Gasteiger partial charge in [-0.3, -0.25) is 4.79 Å². The van der Waals surface area contributed by atoms with E-state index < -0.39 is 12.1 Å². The van der Waals surface area contributed by atoms with Crippen LogP contribution in [0.1, 0.15) is 149 Å². The minimum atomic E-state index is -0.647. The molecular weight excluding hydrogens is 386 g/mol. The third kappa shape index (κ3) is 21.0. The van der Waals surface area contributed by atoms with Gasteiger partial charge in [0, 0.05) is 6.42 Å². The van der Waals surface area contributed by atoms with E-state index >= 15 is 0 Å². The Hall–Kier alpha value is -0.610. The number of hydrogen-bond donors (Lipinski definition) is 3. The lowest BCUT2D eigenvalue weighted by molar-refractivity contribution is -0.123. The van der Waals surface area contributed by atoms with Crippen molar-refractivity contribution in [3.05, 3.63) is 0 Å². The molecule has 0 aromatic rings. The SMILES string of the molecule is CCCCCCCCCCCCCC[C@@H](O)[C@H](CO)NC(=O)CCCCCCCCC. The number of unbranched alkanes of at least 4 members (excludes halogenated alkanes) is 17. The second kappa shape index (κ2) is 24.0. The molecule has 0 aliphatic rings. The fraction of sp³-hybridized carbons (Fsp3) is 0.963. The van der Waals surface area contributed by atoms with Crippen LogP contribution in [0.5, 0.6) is 0 Å². The van der Waals surface area contributed by atoms with Gasteiger partial charge < -0.3 is 15.5 Å². The first-order valence-electron chi connectivity index (χ1n) is 13.7. The standard InChI is InChI=1S/C27H55NO3/c1-3-5-7-9-11-12-13-14-15-17-18-20-22-26(30)25(24-29)28-27(31)23-21-19-16-10-8-6-4-2/h25-26,29-30H,3-24H2,1-2H3,(H,28,31)/t25-,26+/m0/s1. The van der Waals surface area contributed by atoms with Gasteiger partial charge >= 0.3 is 0 Å². The molecule has 0 saturated carbocycles. The Morgan fingerprint density at radius 1 is 0.645 bits per heavy atom. The maximum Gasteiger partial charge on any atom is 0.220 e. The summed E-state index contributed by atoms with van der Waals surface area (Å²) in [5.74, 6) is -0.0404. The fourth-order valence-electron chi connectivity index (χ4n) is 4.18. The average molecular weight is 442 g/mol. The van der Waals surface area contributed by atoms with Crippen LogP contribution >= 0.6 is 0 Å². The third-order valence-electron chi connectivity index (χ3n) is 6.37. The summed E-state index contributed by atoms with van der Waals surface area (Å²) in [5, 5.41) is 22.7. The molecule has 0 rings (SSSR count). The average Bonchev–Trinajstić information content (AvgIpc) is 2.77. The van der Waals surface area contributed by atoms with Gasteiger partial charge in [-0.1, -0.05) is 129 Å². The Labute approximate surface area is 194 Å². The van der Waals surface area contributed by atoms with Crippen LogP contribution in [0, 0.1) is 0 Å². The molecule has 1 amide bonds. The van der Waals surface area contributed by atoms with Crippen LogP contribution < -0.4 is 5.32 Å². The number of rotatable bonds is 24. The van der Waals surface area contributed by atoms with Crippen molar-refractivity contribution in [1.82, 2.24) is 5.32 Å². The number of amides is 1. The summed E-state index contributed by atoms with van der Waals surface area (Å²) >= 11 is 0. The Morgan fingerprint density at radius 2 is 1.03 bits per heavy atom. The fourth-order valence-corrected chi connectivity index (χ4v) is 4.18. The third-order valence-corrected chi connectivity index (χ3v) is 6.37. The summed E-state index contributed by atoms with van der Waals surface area (Å²) in [6, 6.07) is -0.523. The van der Waals surface area contributed by atoms with Gasteiger partial charge in [-0.2, -0.15) is 0 Å². The van der Waals surface area contributed by atoms with Crippen LogP contribution in [0.25, 0.3) is 0 Å². The van der Waals surface area contributed by atoms with E-state index in [1.54, 1.807) is 0 Å². The highest BCUT2D eigenvalue weighted by Crippen LogP contribution is 2.14. The number of nitrogens with one attached hydrogen (secondary N) is 1. The predicted molar refractivity (Wildman–Crippen MR) is 133 cm³/mol. The number of carbonyl (C=O) groups is 1. The summed E-state index contributed by atoms with van der Waals surface area (Å²) in [4.78, 5) is 12.1. The minimum Gasteiger partial charge on any atom is -0.394 e. The van der Waals surface area contributed by atoms with Gasteiger partial charge in [0.25, 0.3) is 0 Å². The zero-order valence-corrected chi connectivity index (χ0v) is 21.0. The van der Waals surface area contributed by atoms with Crippen LogP contribution in [0.15, 0.2) is 0 Å². The zero-order chi connectivity index (χ0) is 23.0. The molecule has 0 saturated heterocycles. The Morgan fingerprint density at radius 3 is 1.45 bits per heavy atom. The highest BCUT2D eigenvalue weighted by Gasteiger charge is 2.19. The molecule has 0 aliphatic heterocycles. The molecule has 31 heavy (non-hydrogen) atoms. The van der Waals surface area contributed by atoms with Crippen molar-refractivity contribution in [3.63, 3.8) is 0 Å². The minimum absolute atomic E-state index is 0.0404. The van der Waals surface area contributed by atoms with E-state index in [1.165, 1.54) is 96.3 Å². The molecule has 3 N–H and O–H groups in total. The van der Waals surface area contributed by atoms with E-state index in [4.69, 9.17) is 0 Å². The van der Waals surface area contributed by atoms with Crippen molar-refractivity contribution in [2.75, 3.05) is 6.61 Å². The number of carbonyl (C=O) groups excluding carboxylic acids is 1. The Bertz CT molecular complexity index is 375. The quantitative estimate of drug-likeness (QED) is 0.140. The van der Waals surface area contributed by atoms with Crippen LogP contribution in [0.2, 0.25) is 0 Å². The van der Waals surface area contributed by atoms with Crippen molar-refractivity contribution in [1.29, 1.82) is 0 Å². The molecule has 4 heteroatoms. The highest BCUT2D eigenvalue weighted by atomic mass is 16.3. The molecule has 0 aliphatic carbocycles. The molecular formula is C27H55NO3.